The molecule has 166 valence electrons. The largest absolute Gasteiger partial charge is 0.481 e. The highest BCUT2D eigenvalue weighted by molar-refractivity contribution is 7.17. The summed E-state index contributed by atoms with van der Waals surface area (Å²) in [6.45, 7) is 1.38. The van der Waals surface area contributed by atoms with Gasteiger partial charge in [-0.2, -0.15) is 5.26 Å². The molecule has 1 aromatic heterocycles. The van der Waals surface area contributed by atoms with E-state index in [2.05, 4.69) is 5.32 Å². The van der Waals surface area contributed by atoms with E-state index in [-0.39, 0.29) is 17.9 Å². The maximum absolute atomic E-state index is 12.9. The van der Waals surface area contributed by atoms with Crippen LogP contribution in [0.5, 0.6) is 5.75 Å². The minimum absolute atomic E-state index is 0.211. The monoisotopic (exact) mass is 454 g/mol. The molecule has 1 amide bonds. The molecule has 0 saturated heterocycles. The molecule has 2 N–H and O–H groups in total. The number of para-hydroxylation sites is 1. The van der Waals surface area contributed by atoms with Crippen molar-refractivity contribution in [2.75, 3.05) is 18.5 Å². The molecule has 0 radical (unpaired) electrons. The molecule has 1 heterocycles. The van der Waals surface area contributed by atoms with Gasteiger partial charge in [-0.25, -0.2) is 9.59 Å². The number of carbonyl (C=O) groups excluding carboxylic acids is 2. The fraction of sp³-hybridized carbons (Fsp3) is 0.304. The Morgan fingerprint density at radius 2 is 2.00 bits per heavy atom. The number of esters is 1. The molecule has 0 spiro atoms. The van der Waals surface area contributed by atoms with Crippen LogP contribution in [-0.2, 0) is 27.2 Å². The molecule has 1 aliphatic rings. The number of nitriles is 1. The summed E-state index contributed by atoms with van der Waals surface area (Å²) < 4.78 is 10.4. The first-order valence-corrected chi connectivity index (χ1v) is 10.9. The molecular weight excluding hydrogens is 432 g/mol. The van der Waals surface area contributed by atoms with Crippen LogP contribution >= 0.6 is 11.3 Å². The molecule has 1 aliphatic carbocycles. The number of rotatable bonds is 8. The number of anilines is 1. The van der Waals surface area contributed by atoms with Crippen LogP contribution in [0.1, 0.15) is 46.1 Å². The predicted molar refractivity (Wildman–Crippen MR) is 119 cm³/mol. The second kappa shape index (κ2) is 10.6. The fourth-order valence-electron chi connectivity index (χ4n) is 3.42. The highest BCUT2D eigenvalue weighted by Gasteiger charge is 2.27. The molecule has 3 rings (SSSR count). The second-order valence-corrected chi connectivity index (χ2v) is 8.08. The number of thiophene rings is 1. The number of nitrogens with one attached hydrogen (secondary N) is 1. The Kier molecular flexibility index (Phi) is 7.63. The normalized spacial score (nSPS) is 12.9. The predicted octanol–water partition coefficient (Wildman–Crippen LogP) is 3.81. The molecular formula is C23H22N2O6S. The topological polar surface area (TPSA) is 126 Å². The lowest BCUT2D eigenvalue weighted by atomic mass is 9.95. The summed E-state index contributed by atoms with van der Waals surface area (Å²) in [5.74, 6) is -2.08. The van der Waals surface area contributed by atoms with Crippen molar-refractivity contribution >= 4 is 40.3 Å². The molecule has 0 atom stereocenters. The number of carboxylic acid groups (broad SMARTS) is 1. The van der Waals surface area contributed by atoms with Gasteiger partial charge in [0.15, 0.2) is 6.61 Å². The first-order chi connectivity index (χ1) is 15.4. The van der Waals surface area contributed by atoms with Crippen LogP contribution in [0.25, 0.3) is 6.08 Å². The van der Waals surface area contributed by atoms with Gasteiger partial charge in [0.1, 0.15) is 22.4 Å². The third-order valence-electron chi connectivity index (χ3n) is 4.81. The number of hydrogen-bond donors (Lipinski definition) is 2. The maximum Gasteiger partial charge on any atom is 0.341 e. The molecule has 0 saturated carbocycles. The molecule has 0 aliphatic heterocycles. The van der Waals surface area contributed by atoms with Gasteiger partial charge in [-0.15, -0.1) is 11.3 Å². The van der Waals surface area contributed by atoms with Crippen molar-refractivity contribution in [3.63, 3.8) is 0 Å². The van der Waals surface area contributed by atoms with Gasteiger partial charge in [0.25, 0.3) is 5.91 Å². The van der Waals surface area contributed by atoms with Crippen LogP contribution < -0.4 is 10.1 Å². The lowest BCUT2D eigenvalue weighted by molar-refractivity contribution is -0.139. The summed E-state index contributed by atoms with van der Waals surface area (Å²) in [5, 5.41) is 21.5. The van der Waals surface area contributed by atoms with Crippen LogP contribution in [0.2, 0.25) is 0 Å². The number of hydrogen-bond acceptors (Lipinski definition) is 7. The molecule has 1 aromatic carbocycles. The number of aryl methyl sites for hydroxylation is 1. The zero-order valence-electron chi connectivity index (χ0n) is 17.5. The summed E-state index contributed by atoms with van der Waals surface area (Å²) in [5.41, 5.74) is 1.45. The summed E-state index contributed by atoms with van der Waals surface area (Å²) in [6.07, 6.45) is 4.87. The maximum atomic E-state index is 12.9. The summed E-state index contributed by atoms with van der Waals surface area (Å²) in [7, 11) is 0. The number of amides is 1. The highest BCUT2D eigenvalue weighted by Crippen LogP contribution is 2.38. The van der Waals surface area contributed by atoms with Gasteiger partial charge >= 0.3 is 11.9 Å². The van der Waals surface area contributed by atoms with E-state index < -0.39 is 24.5 Å². The van der Waals surface area contributed by atoms with Crippen LogP contribution in [0.3, 0.4) is 0 Å². The van der Waals surface area contributed by atoms with Gasteiger partial charge < -0.3 is 19.9 Å². The Balaban J connectivity index is 1.90. The summed E-state index contributed by atoms with van der Waals surface area (Å²) in [4.78, 5) is 37.3. The Morgan fingerprint density at radius 1 is 1.25 bits per heavy atom. The van der Waals surface area contributed by atoms with E-state index in [9.17, 15) is 19.6 Å². The van der Waals surface area contributed by atoms with Gasteiger partial charge in [0.2, 0.25) is 0 Å². The molecule has 2 aromatic rings. The van der Waals surface area contributed by atoms with E-state index in [0.717, 1.165) is 36.1 Å². The number of benzene rings is 1. The molecule has 8 nitrogen and oxygen atoms in total. The van der Waals surface area contributed by atoms with Crippen molar-refractivity contribution in [2.45, 2.75) is 32.6 Å². The van der Waals surface area contributed by atoms with Crippen LogP contribution in [0.15, 0.2) is 29.8 Å². The molecule has 9 heteroatoms. The molecule has 0 unspecified atom stereocenters. The highest BCUT2D eigenvalue weighted by atomic mass is 32.1. The van der Waals surface area contributed by atoms with Crippen LogP contribution in [0.4, 0.5) is 5.00 Å². The third-order valence-corrected chi connectivity index (χ3v) is 6.02. The standard InChI is InChI=1S/C23H22N2O6S/c1-2-30-23(29)20-16-8-4-6-10-18(16)32-22(20)25-21(28)15(12-24)11-14-7-3-5-9-17(14)31-13-19(26)27/h3,5,7,9,11H,2,4,6,8,10,13H2,1H3,(H,25,28)(H,26,27)/b15-11+. The molecule has 32 heavy (non-hydrogen) atoms. The van der Waals surface area contributed by atoms with Crippen LogP contribution in [0, 0.1) is 11.3 Å². The van der Waals surface area contributed by atoms with Crippen molar-refractivity contribution in [3.05, 3.63) is 51.4 Å². The van der Waals surface area contributed by atoms with Gasteiger partial charge in [0.05, 0.1) is 12.2 Å². The smallest absolute Gasteiger partial charge is 0.341 e. The Morgan fingerprint density at radius 3 is 2.72 bits per heavy atom. The number of carboxylic acids is 1. The van der Waals surface area contributed by atoms with E-state index >= 15 is 0 Å². The summed E-state index contributed by atoms with van der Waals surface area (Å²) >= 11 is 1.33. The molecule has 0 fully saturated rings. The van der Waals surface area contributed by atoms with Crippen molar-refractivity contribution in [2.24, 2.45) is 0 Å². The van der Waals surface area contributed by atoms with E-state index in [0.29, 0.717) is 16.1 Å². The Bertz CT molecular complexity index is 1110. The molecule has 0 bridgehead atoms. The minimum atomic E-state index is -1.14. The Hall–Kier alpha value is -3.64. The van der Waals surface area contributed by atoms with Crippen molar-refractivity contribution in [1.29, 1.82) is 5.26 Å². The zero-order chi connectivity index (χ0) is 23.1. The number of carbonyl (C=O) groups is 3. The SMILES string of the molecule is CCOC(=O)c1c(NC(=O)/C(C#N)=C/c2ccccc2OCC(=O)O)sc2c1CCCC2. The van der Waals surface area contributed by atoms with E-state index in [4.69, 9.17) is 14.6 Å². The van der Waals surface area contributed by atoms with Crippen molar-refractivity contribution in [3.8, 4) is 11.8 Å². The average Bonchev–Trinajstić information content (AvgIpc) is 3.14. The number of fused-ring (bicyclic) bond motifs is 1. The second-order valence-electron chi connectivity index (χ2n) is 6.98. The summed E-state index contributed by atoms with van der Waals surface area (Å²) in [6, 6.07) is 8.35. The third kappa shape index (κ3) is 5.34. The quantitative estimate of drug-likeness (QED) is 0.353. The number of aliphatic carboxylic acids is 1. The van der Waals surface area contributed by atoms with Gasteiger partial charge in [-0.1, -0.05) is 18.2 Å². The van der Waals surface area contributed by atoms with E-state index in [1.165, 1.54) is 17.4 Å². The lowest BCUT2D eigenvalue weighted by Gasteiger charge is -2.12. The minimum Gasteiger partial charge on any atom is -0.481 e. The fourth-order valence-corrected chi connectivity index (χ4v) is 4.69. The number of nitrogens with zero attached hydrogens (tertiary/aromatic N) is 1. The Labute approximate surface area is 189 Å². The van der Waals surface area contributed by atoms with Gasteiger partial charge in [0, 0.05) is 10.4 Å². The van der Waals surface area contributed by atoms with Crippen LogP contribution in [-0.4, -0.2) is 36.2 Å². The van der Waals surface area contributed by atoms with Crippen molar-refractivity contribution in [1.82, 2.24) is 0 Å². The lowest BCUT2D eigenvalue weighted by Crippen LogP contribution is -2.16. The average molecular weight is 455 g/mol. The van der Waals surface area contributed by atoms with Gasteiger partial charge in [-0.3, -0.25) is 4.79 Å². The zero-order valence-corrected chi connectivity index (χ0v) is 18.3. The number of ether oxygens (including phenoxy) is 2. The van der Waals surface area contributed by atoms with E-state index in [1.807, 2.05) is 6.07 Å². The first kappa shape index (κ1) is 23.0. The van der Waals surface area contributed by atoms with E-state index in [1.54, 1.807) is 31.2 Å². The van der Waals surface area contributed by atoms with Crippen molar-refractivity contribution < 1.29 is 29.0 Å². The van der Waals surface area contributed by atoms with Gasteiger partial charge in [-0.05, 0) is 50.3 Å². The first-order valence-electron chi connectivity index (χ1n) is 10.1.